The highest BCUT2D eigenvalue weighted by Crippen LogP contribution is 2.45. The highest BCUT2D eigenvalue weighted by atomic mass is 28.4. The summed E-state index contributed by atoms with van der Waals surface area (Å²) in [7, 11) is -2.13. The van der Waals surface area contributed by atoms with Gasteiger partial charge in [-0.1, -0.05) is 51.1 Å². The maximum atomic E-state index is 12.4. The van der Waals surface area contributed by atoms with Gasteiger partial charge in [-0.05, 0) is 43.5 Å². The molecule has 1 heterocycles. The van der Waals surface area contributed by atoms with Crippen molar-refractivity contribution in [1.82, 2.24) is 0 Å². The second kappa shape index (κ2) is 8.32. The summed E-state index contributed by atoms with van der Waals surface area (Å²) in [6, 6.07) is 10.1. The van der Waals surface area contributed by atoms with Gasteiger partial charge < -0.3 is 13.9 Å². The maximum Gasteiger partial charge on any atom is 0.317 e. The topological polar surface area (TPSA) is 61.8 Å². The zero-order valence-electron chi connectivity index (χ0n) is 18.4. The van der Waals surface area contributed by atoms with Crippen molar-refractivity contribution in [3.05, 3.63) is 35.9 Å². The molecule has 1 aliphatic heterocycles. The number of carbonyl (C=O) groups excluding carboxylic acids is 2. The third-order valence-electron chi connectivity index (χ3n) is 6.81. The van der Waals surface area contributed by atoms with Crippen molar-refractivity contribution in [3.8, 4) is 0 Å². The largest absolute Gasteiger partial charge is 0.459 e. The van der Waals surface area contributed by atoms with Crippen LogP contribution in [-0.4, -0.2) is 38.4 Å². The lowest BCUT2D eigenvalue weighted by Gasteiger charge is -2.45. The van der Waals surface area contributed by atoms with E-state index in [4.69, 9.17) is 13.9 Å². The van der Waals surface area contributed by atoms with Crippen LogP contribution >= 0.6 is 0 Å². The van der Waals surface area contributed by atoms with E-state index in [1.54, 1.807) is 0 Å². The summed E-state index contributed by atoms with van der Waals surface area (Å²) in [5.41, 5.74) is 1.10. The zero-order chi connectivity index (χ0) is 21.4. The predicted octanol–water partition coefficient (Wildman–Crippen LogP) is 4.50. The Morgan fingerprint density at radius 2 is 1.83 bits per heavy atom. The van der Waals surface area contributed by atoms with Crippen molar-refractivity contribution in [2.24, 2.45) is 11.8 Å². The molecule has 160 valence electrons. The van der Waals surface area contributed by atoms with Crippen LogP contribution in [0.2, 0.25) is 18.1 Å². The third-order valence-corrected chi connectivity index (χ3v) is 11.3. The molecule has 2 fully saturated rings. The Morgan fingerprint density at radius 3 is 2.41 bits per heavy atom. The van der Waals surface area contributed by atoms with E-state index >= 15 is 0 Å². The summed E-state index contributed by atoms with van der Waals surface area (Å²) in [5.74, 6) is -1.30. The van der Waals surface area contributed by atoms with Gasteiger partial charge in [0.05, 0.1) is 12.7 Å². The molecule has 1 aliphatic carbocycles. The van der Waals surface area contributed by atoms with E-state index in [-0.39, 0.29) is 28.9 Å². The van der Waals surface area contributed by atoms with Gasteiger partial charge in [0.2, 0.25) is 0 Å². The molecule has 5 nitrogen and oxygen atoms in total. The number of benzene rings is 1. The number of hydrogen-bond acceptors (Lipinski definition) is 5. The molecule has 1 aromatic rings. The van der Waals surface area contributed by atoms with Gasteiger partial charge in [0.25, 0.3) is 0 Å². The Kier molecular flexibility index (Phi) is 6.37. The van der Waals surface area contributed by atoms with Gasteiger partial charge in [0, 0.05) is 5.92 Å². The van der Waals surface area contributed by atoms with Crippen molar-refractivity contribution >= 4 is 20.1 Å². The van der Waals surface area contributed by atoms with Crippen molar-refractivity contribution in [1.29, 1.82) is 0 Å². The standard InChI is InChI=1S/C23H34O5Si/c1-15(24)19-17-12-13-18(26-14-16-10-8-7-9-11-16)21(20(17)27-22(19)25)28-29(5,6)23(2,3)4/h7-11,17-21H,12-14H2,1-6H3/t17-,18-,19-,20-,21-/m0/s1. The zero-order valence-corrected chi connectivity index (χ0v) is 19.4. The van der Waals surface area contributed by atoms with Gasteiger partial charge in [0.1, 0.15) is 23.9 Å². The third kappa shape index (κ3) is 4.65. The normalized spacial score (nSPS) is 30.0. The maximum absolute atomic E-state index is 12.4. The molecule has 0 bridgehead atoms. The molecule has 5 atom stereocenters. The number of rotatable bonds is 6. The molecule has 1 saturated heterocycles. The van der Waals surface area contributed by atoms with Gasteiger partial charge >= 0.3 is 5.97 Å². The smallest absolute Gasteiger partial charge is 0.317 e. The Balaban J connectivity index is 1.84. The average Bonchev–Trinajstić information content (AvgIpc) is 2.97. The summed E-state index contributed by atoms with van der Waals surface area (Å²) in [5, 5.41) is 0.0204. The van der Waals surface area contributed by atoms with E-state index in [0.717, 1.165) is 18.4 Å². The van der Waals surface area contributed by atoms with Crippen LogP contribution < -0.4 is 0 Å². The van der Waals surface area contributed by atoms with Crippen LogP contribution in [0, 0.1) is 11.8 Å². The molecule has 1 aromatic carbocycles. The minimum Gasteiger partial charge on any atom is -0.459 e. The fraction of sp³-hybridized carbons (Fsp3) is 0.652. The minimum absolute atomic E-state index is 0.0204. The molecular weight excluding hydrogens is 384 g/mol. The molecule has 3 rings (SSSR count). The quantitative estimate of drug-likeness (QED) is 0.387. The molecule has 0 radical (unpaired) electrons. The fourth-order valence-corrected chi connectivity index (χ4v) is 5.44. The molecule has 0 aromatic heterocycles. The number of hydrogen-bond donors (Lipinski definition) is 0. The van der Waals surface area contributed by atoms with E-state index < -0.39 is 26.3 Å². The summed E-state index contributed by atoms with van der Waals surface area (Å²) in [6.07, 6.45) is 0.571. The van der Waals surface area contributed by atoms with Crippen molar-refractivity contribution in [2.75, 3.05) is 0 Å². The first kappa shape index (κ1) is 22.2. The van der Waals surface area contributed by atoms with Crippen molar-refractivity contribution < 1.29 is 23.5 Å². The van der Waals surface area contributed by atoms with Crippen LogP contribution in [0.1, 0.15) is 46.1 Å². The highest BCUT2D eigenvalue weighted by molar-refractivity contribution is 6.74. The predicted molar refractivity (Wildman–Crippen MR) is 114 cm³/mol. The monoisotopic (exact) mass is 418 g/mol. The van der Waals surface area contributed by atoms with Crippen LogP contribution in [0.5, 0.6) is 0 Å². The van der Waals surface area contributed by atoms with E-state index in [1.165, 1.54) is 6.92 Å². The number of esters is 1. The summed E-state index contributed by atoms with van der Waals surface area (Å²) < 4.78 is 18.8. The van der Waals surface area contributed by atoms with Crippen LogP contribution in [0.15, 0.2) is 30.3 Å². The molecular formula is C23H34O5Si. The first-order chi connectivity index (χ1) is 13.5. The Bertz CT molecular complexity index is 739. The van der Waals surface area contributed by atoms with Crippen molar-refractivity contribution in [2.45, 2.75) is 83.6 Å². The van der Waals surface area contributed by atoms with Crippen LogP contribution in [0.25, 0.3) is 0 Å². The van der Waals surface area contributed by atoms with E-state index in [2.05, 4.69) is 33.9 Å². The molecule has 0 spiro atoms. The molecule has 2 aliphatic rings. The van der Waals surface area contributed by atoms with Gasteiger partial charge in [-0.2, -0.15) is 0 Å². The van der Waals surface area contributed by atoms with Crippen LogP contribution in [0.4, 0.5) is 0 Å². The minimum atomic E-state index is -2.13. The molecule has 1 saturated carbocycles. The molecule has 0 N–H and O–H groups in total. The van der Waals surface area contributed by atoms with Gasteiger partial charge in [0.15, 0.2) is 8.32 Å². The molecule has 0 amide bonds. The van der Waals surface area contributed by atoms with Crippen molar-refractivity contribution in [3.63, 3.8) is 0 Å². The van der Waals surface area contributed by atoms with Gasteiger partial charge in [-0.3, -0.25) is 9.59 Å². The van der Waals surface area contributed by atoms with Gasteiger partial charge in [-0.15, -0.1) is 0 Å². The van der Waals surface area contributed by atoms with E-state index in [9.17, 15) is 9.59 Å². The van der Waals surface area contributed by atoms with E-state index in [0.29, 0.717) is 6.61 Å². The Morgan fingerprint density at radius 1 is 1.17 bits per heavy atom. The van der Waals surface area contributed by atoms with Crippen LogP contribution in [-0.2, 0) is 30.1 Å². The second-order valence-corrected chi connectivity index (χ2v) is 14.7. The first-order valence-corrected chi connectivity index (χ1v) is 13.5. The second-order valence-electron chi connectivity index (χ2n) is 9.91. The number of ketones is 1. The SMILES string of the molecule is CC(=O)[C@@H]1C(=O)O[C@H]2[C@H]1CC[C@H](OCc1ccccc1)[C@@H]2O[Si](C)(C)C(C)(C)C. The lowest BCUT2D eigenvalue weighted by molar-refractivity contribution is -0.157. The number of ether oxygens (including phenoxy) is 2. The van der Waals surface area contributed by atoms with Gasteiger partial charge in [-0.25, -0.2) is 0 Å². The molecule has 0 unspecified atom stereocenters. The fourth-order valence-electron chi connectivity index (χ4n) is 4.12. The average molecular weight is 419 g/mol. The lowest BCUT2D eigenvalue weighted by atomic mass is 9.76. The molecule has 29 heavy (non-hydrogen) atoms. The van der Waals surface area contributed by atoms with E-state index in [1.807, 2.05) is 30.3 Å². The number of Topliss-reactive ketones (excluding diaryl/α,β-unsaturated/α-hetero) is 1. The lowest BCUT2D eigenvalue weighted by Crippen LogP contribution is -2.55. The Labute approximate surface area is 175 Å². The first-order valence-electron chi connectivity index (χ1n) is 10.6. The molecule has 6 heteroatoms. The van der Waals surface area contributed by atoms with Crippen LogP contribution in [0.3, 0.4) is 0 Å². The summed E-state index contributed by atoms with van der Waals surface area (Å²) in [4.78, 5) is 24.5. The number of fused-ring (bicyclic) bond motifs is 1. The number of carbonyl (C=O) groups is 2. The summed E-state index contributed by atoms with van der Waals surface area (Å²) in [6.45, 7) is 12.9. The summed E-state index contributed by atoms with van der Waals surface area (Å²) >= 11 is 0. The highest BCUT2D eigenvalue weighted by Gasteiger charge is 2.56. The Hall–Kier alpha value is -1.50.